The SMILES string of the molecule is CC(C)n1cccc1C1C(c2ccccn2)NC(=S)N1C1CCCC1. The fourth-order valence-corrected chi connectivity index (χ4v) is 4.78. The Bertz CT molecular complexity index is 733. The summed E-state index contributed by atoms with van der Waals surface area (Å²) >= 11 is 5.79. The monoisotopic (exact) mass is 354 g/mol. The summed E-state index contributed by atoms with van der Waals surface area (Å²) in [7, 11) is 0. The lowest BCUT2D eigenvalue weighted by Gasteiger charge is -2.34. The first kappa shape index (κ1) is 16.6. The molecule has 2 atom stereocenters. The number of thiocarbonyl (C=S) groups is 1. The molecule has 1 saturated carbocycles. The number of nitrogens with one attached hydrogen (secondary N) is 1. The molecule has 2 unspecified atom stereocenters. The highest BCUT2D eigenvalue weighted by molar-refractivity contribution is 7.80. The van der Waals surface area contributed by atoms with Crippen molar-refractivity contribution in [1.29, 1.82) is 0 Å². The molecule has 3 heterocycles. The summed E-state index contributed by atoms with van der Waals surface area (Å²) in [6.07, 6.45) is 9.12. The van der Waals surface area contributed by atoms with Crippen LogP contribution in [0.15, 0.2) is 42.7 Å². The summed E-state index contributed by atoms with van der Waals surface area (Å²) in [6, 6.07) is 11.8. The zero-order valence-corrected chi connectivity index (χ0v) is 15.7. The van der Waals surface area contributed by atoms with Crippen LogP contribution < -0.4 is 5.32 Å². The van der Waals surface area contributed by atoms with Gasteiger partial charge in [-0.25, -0.2) is 0 Å². The van der Waals surface area contributed by atoms with E-state index in [9.17, 15) is 0 Å². The summed E-state index contributed by atoms with van der Waals surface area (Å²) in [6.45, 7) is 4.47. The van der Waals surface area contributed by atoms with Gasteiger partial charge in [-0.3, -0.25) is 4.98 Å². The van der Waals surface area contributed by atoms with Gasteiger partial charge in [0.25, 0.3) is 0 Å². The highest BCUT2D eigenvalue weighted by Crippen LogP contribution is 2.43. The maximum absolute atomic E-state index is 5.79. The van der Waals surface area contributed by atoms with Crippen LogP contribution in [0.25, 0.3) is 0 Å². The highest BCUT2D eigenvalue weighted by atomic mass is 32.1. The highest BCUT2D eigenvalue weighted by Gasteiger charge is 2.44. The fourth-order valence-electron chi connectivity index (χ4n) is 4.39. The fraction of sp³-hybridized carbons (Fsp3) is 0.500. The minimum Gasteiger partial charge on any atom is -0.352 e. The van der Waals surface area contributed by atoms with E-state index in [0.29, 0.717) is 12.1 Å². The molecule has 132 valence electrons. The molecule has 0 bridgehead atoms. The Morgan fingerprint density at radius 1 is 1.16 bits per heavy atom. The van der Waals surface area contributed by atoms with E-state index in [4.69, 9.17) is 12.2 Å². The first-order chi connectivity index (χ1) is 12.2. The van der Waals surface area contributed by atoms with Gasteiger partial charge in [-0.15, -0.1) is 0 Å². The molecule has 5 heteroatoms. The Morgan fingerprint density at radius 3 is 2.64 bits per heavy atom. The van der Waals surface area contributed by atoms with Gasteiger partial charge in [-0.1, -0.05) is 18.9 Å². The van der Waals surface area contributed by atoms with Crippen LogP contribution in [-0.4, -0.2) is 25.6 Å². The predicted octanol–water partition coefficient (Wildman–Crippen LogP) is 4.38. The van der Waals surface area contributed by atoms with Crippen LogP contribution in [0.4, 0.5) is 0 Å². The van der Waals surface area contributed by atoms with Gasteiger partial charge in [0.15, 0.2) is 5.11 Å². The van der Waals surface area contributed by atoms with Crippen molar-refractivity contribution in [3.05, 3.63) is 54.1 Å². The van der Waals surface area contributed by atoms with Crippen molar-refractivity contribution in [3.63, 3.8) is 0 Å². The summed E-state index contributed by atoms with van der Waals surface area (Å²) in [5.41, 5.74) is 2.39. The van der Waals surface area contributed by atoms with Crippen molar-refractivity contribution >= 4 is 17.3 Å². The second kappa shape index (κ2) is 6.79. The number of hydrogen-bond donors (Lipinski definition) is 1. The lowest BCUT2D eigenvalue weighted by Crippen LogP contribution is -2.38. The topological polar surface area (TPSA) is 33.1 Å². The van der Waals surface area contributed by atoms with Crippen LogP contribution in [-0.2, 0) is 0 Å². The molecule has 2 fully saturated rings. The van der Waals surface area contributed by atoms with Crippen molar-refractivity contribution in [3.8, 4) is 0 Å². The summed E-state index contributed by atoms with van der Waals surface area (Å²) in [5.74, 6) is 0. The molecule has 4 nitrogen and oxygen atoms in total. The zero-order valence-electron chi connectivity index (χ0n) is 14.9. The van der Waals surface area contributed by atoms with Crippen molar-refractivity contribution in [1.82, 2.24) is 19.8 Å². The second-order valence-corrected chi connectivity index (χ2v) is 7.79. The smallest absolute Gasteiger partial charge is 0.170 e. The van der Waals surface area contributed by atoms with E-state index < -0.39 is 0 Å². The largest absolute Gasteiger partial charge is 0.352 e. The van der Waals surface area contributed by atoms with Crippen LogP contribution in [0.2, 0.25) is 0 Å². The molecule has 1 N–H and O–H groups in total. The second-order valence-electron chi connectivity index (χ2n) is 7.41. The van der Waals surface area contributed by atoms with Gasteiger partial charge < -0.3 is 14.8 Å². The van der Waals surface area contributed by atoms with Gasteiger partial charge in [0, 0.05) is 30.2 Å². The molecule has 0 amide bonds. The quantitative estimate of drug-likeness (QED) is 0.826. The minimum atomic E-state index is 0.0988. The van der Waals surface area contributed by atoms with Gasteiger partial charge >= 0.3 is 0 Å². The maximum atomic E-state index is 5.79. The Labute approximate surface area is 155 Å². The molecule has 0 spiro atoms. The van der Waals surface area contributed by atoms with E-state index in [1.54, 1.807) is 0 Å². The third kappa shape index (κ3) is 2.95. The van der Waals surface area contributed by atoms with E-state index in [0.717, 1.165) is 10.8 Å². The van der Waals surface area contributed by atoms with E-state index in [1.807, 2.05) is 12.3 Å². The molecule has 1 saturated heterocycles. The summed E-state index contributed by atoms with van der Waals surface area (Å²) in [5, 5.41) is 4.46. The van der Waals surface area contributed by atoms with Crippen molar-refractivity contribution in [2.45, 2.75) is 63.7 Å². The van der Waals surface area contributed by atoms with Gasteiger partial charge in [0.2, 0.25) is 0 Å². The van der Waals surface area contributed by atoms with E-state index in [1.165, 1.54) is 31.4 Å². The molecule has 2 aromatic heterocycles. The normalized spacial score (nSPS) is 24.3. The van der Waals surface area contributed by atoms with Crippen LogP contribution in [0, 0.1) is 0 Å². The van der Waals surface area contributed by atoms with E-state index in [2.05, 4.69) is 64.1 Å². The number of aromatic nitrogens is 2. The number of nitrogens with zero attached hydrogens (tertiary/aromatic N) is 3. The first-order valence-corrected chi connectivity index (χ1v) is 9.74. The average molecular weight is 355 g/mol. The van der Waals surface area contributed by atoms with Crippen LogP contribution >= 0.6 is 12.2 Å². The third-order valence-electron chi connectivity index (χ3n) is 5.52. The van der Waals surface area contributed by atoms with Gasteiger partial charge in [0.1, 0.15) is 0 Å². The number of rotatable bonds is 4. The molecular formula is C20H26N4S. The molecule has 1 aliphatic heterocycles. The molecular weight excluding hydrogens is 328 g/mol. The molecule has 2 aromatic rings. The molecule has 25 heavy (non-hydrogen) atoms. The average Bonchev–Trinajstić information content (AvgIpc) is 3.34. The van der Waals surface area contributed by atoms with Crippen molar-refractivity contribution in [2.75, 3.05) is 0 Å². The Morgan fingerprint density at radius 2 is 1.96 bits per heavy atom. The van der Waals surface area contributed by atoms with Crippen LogP contribution in [0.1, 0.15) is 69.0 Å². The lowest BCUT2D eigenvalue weighted by molar-refractivity contribution is 0.234. The molecule has 2 aliphatic rings. The van der Waals surface area contributed by atoms with Crippen molar-refractivity contribution in [2.24, 2.45) is 0 Å². The van der Waals surface area contributed by atoms with Gasteiger partial charge in [-0.2, -0.15) is 0 Å². The molecule has 0 aromatic carbocycles. The Hall–Kier alpha value is -1.88. The maximum Gasteiger partial charge on any atom is 0.170 e. The van der Waals surface area contributed by atoms with Gasteiger partial charge in [0.05, 0.1) is 17.8 Å². The number of hydrogen-bond acceptors (Lipinski definition) is 2. The van der Waals surface area contributed by atoms with Crippen LogP contribution in [0.5, 0.6) is 0 Å². The predicted molar refractivity (Wildman–Crippen MR) is 104 cm³/mol. The molecule has 4 rings (SSSR count). The Kier molecular flexibility index (Phi) is 4.50. The van der Waals surface area contributed by atoms with Crippen molar-refractivity contribution < 1.29 is 0 Å². The zero-order chi connectivity index (χ0) is 17.4. The summed E-state index contributed by atoms with van der Waals surface area (Å²) < 4.78 is 2.37. The van der Waals surface area contributed by atoms with E-state index in [-0.39, 0.29) is 12.1 Å². The van der Waals surface area contributed by atoms with Gasteiger partial charge in [-0.05, 0) is 63.2 Å². The molecule has 0 radical (unpaired) electrons. The third-order valence-corrected chi connectivity index (χ3v) is 5.85. The summed E-state index contributed by atoms with van der Waals surface area (Å²) in [4.78, 5) is 7.10. The van der Waals surface area contributed by atoms with E-state index >= 15 is 0 Å². The standard InChI is InChI=1S/C20H26N4S/c1-14(2)23-13-7-11-17(23)19-18(16-10-5-6-12-21-16)22-20(25)24(19)15-8-3-4-9-15/h5-7,10-15,18-19H,3-4,8-9H2,1-2H3,(H,22,25). The van der Waals surface area contributed by atoms with Crippen LogP contribution in [0.3, 0.4) is 0 Å². The molecule has 1 aliphatic carbocycles. The number of pyridine rings is 1. The minimum absolute atomic E-state index is 0.0988. The lowest BCUT2D eigenvalue weighted by atomic mass is 9.99. The Balaban J connectivity index is 1.79. The first-order valence-electron chi connectivity index (χ1n) is 9.33.